The van der Waals surface area contributed by atoms with E-state index < -0.39 is 17.6 Å². The minimum atomic E-state index is -4.57. The number of aromatic nitrogens is 2. The van der Waals surface area contributed by atoms with Crippen LogP contribution in [0.4, 0.5) is 19.0 Å². The third kappa shape index (κ3) is 5.27. The summed E-state index contributed by atoms with van der Waals surface area (Å²) in [7, 11) is 0. The molecule has 0 aliphatic heterocycles. The van der Waals surface area contributed by atoms with Crippen molar-refractivity contribution in [2.24, 2.45) is 0 Å². The Morgan fingerprint density at radius 3 is 2.45 bits per heavy atom. The first-order valence-corrected chi connectivity index (χ1v) is 9.99. The van der Waals surface area contributed by atoms with Crippen LogP contribution in [0.1, 0.15) is 16.1 Å². The second-order valence-corrected chi connectivity index (χ2v) is 7.21. The molecule has 0 atom stereocenters. The second kappa shape index (κ2) is 9.25. The van der Waals surface area contributed by atoms with Gasteiger partial charge in [0.25, 0.3) is 5.91 Å². The van der Waals surface area contributed by atoms with Crippen molar-refractivity contribution in [1.82, 2.24) is 15.0 Å². The van der Waals surface area contributed by atoms with Gasteiger partial charge in [-0.2, -0.15) is 13.2 Å². The number of rotatable bonds is 6. The van der Waals surface area contributed by atoms with Crippen LogP contribution in [0.25, 0.3) is 5.69 Å². The molecule has 0 aliphatic rings. The number of halogens is 4. The molecule has 2 aromatic carbocycles. The van der Waals surface area contributed by atoms with E-state index in [1.165, 1.54) is 0 Å². The number of hydrogen-bond donors (Lipinski definition) is 2. The molecule has 2 heterocycles. The number of anilines is 1. The first-order chi connectivity index (χ1) is 15.8. The van der Waals surface area contributed by atoms with Gasteiger partial charge in [-0.1, -0.05) is 35.9 Å². The lowest BCUT2D eigenvalue weighted by atomic mass is 10.2. The average molecular weight is 473 g/mol. The predicted octanol–water partition coefficient (Wildman–Crippen LogP) is 6.09. The number of nitrogens with one attached hydrogen (secondary N) is 2. The first-order valence-electron chi connectivity index (χ1n) is 9.61. The average Bonchev–Trinajstić information content (AvgIpc) is 3.28. The van der Waals surface area contributed by atoms with Crippen LogP contribution in [-0.2, 0) is 6.18 Å². The summed E-state index contributed by atoms with van der Waals surface area (Å²) < 4.78 is 45.7. The zero-order chi connectivity index (χ0) is 23.4. The van der Waals surface area contributed by atoms with Gasteiger partial charge in [-0.25, -0.2) is 4.98 Å². The number of nitrogens with zero attached hydrogens (tertiary/aromatic N) is 2. The van der Waals surface area contributed by atoms with Gasteiger partial charge in [0.15, 0.2) is 5.82 Å². The van der Waals surface area contributed by atoms with Crippen molar-refractivity contribution in [2.45, 2.75) is 6.18 Å². The van der Waals surface area contributed by atoms with Gasteiger partial charge in [0.2, 0.25) is 0 Å². The lowest BCUT2D eigenvalue weighted by Gasteiger charge is -2.14. The van der Waals surface area contributed by atoms with E-state index in [4.69, 9.17) is 16.3 Å². The van der Waals surface area contributed by atoms with Gasteiger partial charge in [-0.3, -0.25) is 15.6 Å². The van der Waals surface area contributed by atoms with E-state index in [9.17, 15) is 18.0 Å². The van der Waals surface area contributed by atoms with Crippen LogP contribution < -0.4 is 15.6 Å². The predicted molar refractivity (Wildman–Crippen MR) is 118 cm³/mol. The van der Waals surface area contributed by atoms with E-state index in [0.29, 0.717) is 23.4 Å². The number of amides is 1. The maximum Gasteiger partial charge on any atom is 0.417 e. The lowest BCUT2D eigenvalue weighted by Crippen LogP contribution is -2.31. The van der Waals surface area contributed by atoms with E-state index in [2.05, 4.69) is 15.8 Å². The molecule has 0 fully saturated rings. The monoisotopic (exact) mass is 472 g/mol. The summed E-state index contributed by atoms with van der Waals surface area (Å²) in [6.07, 6.45) is -2.25. The molecular weight excluding hydrogens is 457 g/mol. The molecule has 4 rings (SSSR count). The third-order valence-electron chi connectivity index (χ3n) is 4.52. The number of hydrazine groups is 1. The summed E-state index contributed by atoms with van der Waals surface area (Å²) in [5, 5.41) is -0.286. The second-order valence-electron chi connectivity index (χ2n) is 6.81. The number of pyridine rings is 1. The van der Waals surface area contributed by atoms with E-state index >= 15 is 0 Å². The fourth-order valence-electron chi connectivity index (χ4n) is 2.98. The third-order valence-corrected chi connectivity index (χ3v) is 4.81. The molecule has 2 N–H and O–H groups in total. The summed E-state index contributed by atoms with van der Waals surface area (Å²) in [5.74, 6) is 0.587. The Morgan fingerprint density at radius 2 is 1.73 bits per heavy atom. The maximum absolute atomic E-state index is 12.8. The number of carbonyl (C=O) groups is 1. The molecule has 0 saturated carbocycles. The van der Waals surface area contributed by atoms with Crippen LogP contribution in [0.3, 0.4) is 0 Å². The normalized spacial score (nSPS) is 11.2. The molecule has 0 bridgehead atoms. The van der Waals surface area contributed by atoms with Crippen molar-refractivity contribution < 1.29 is 22.7 Å². The highest BCUT2D eigenvalue weighted by atomic mass is 35.5. The van der Waals surface area contributed by atoms with Crippen molar-refractivity contribution in [1.29, 1.82) is 0 Å². The Kier molecular flexibility index (Phi) is 6.23. The van der Waals surface area contributed by atoms with Crippen molar-refractivity contribution >= 4 is 23.3 Å². The Balaban J connectivity index is 1.49. The Morgan fingerprint density at radius 1 is 0.970 bits per heavy atom. The topological polar surface area (TPSA) is 68.2 Å². The Labute approximate surface area is 191 Å². The number of benzene rings is 2. The highest BCUT2D eigenvalue weighted by Crippen LogP contribution is 2.32. The smallest absolute Gasteiger partial charge is 0.417 e. The molecule has 0 unspecified atom stereocenters. The van der Waals surface area contributed by atoms with Gasteiger partial charge < -0.3 is 9.30 Å². The molecule has 1 amide bonds. The summed E-state index contributed by atoms with van der Waals surface area (Å²) in [4.78, 5) is 16.3. The van der Waals surface area contributed by atoms with Gasteiger partial charge in [0.05, 0.1) is 10.6 Å². The summed E-state index contributed by atoms with van der Waals surface area (Å²) in [6, 6.07) is 20.4. The molecule has 0 saturated heterocycles. The largest absolute Gasteiger partial charge is 0.457 e. The molecule has 0 aliphatic carbocycles. The van der Waals surface area contributed by atoms with Crippen LogP contribution in [0, 0.1) is 0 Å². The fourth-order valence-corrected chi connectivity index (χ4v) is 3.19. The number of carbonyl (C=O) groups excluding carboxylic acids is 1. The summed E-state index contributed by atoms with van der Waals surface area (Å²) in [6.45, 7) is 0. The standard InChI is InChI=1S/C23H16ClF3N4O2/c24-19-12-15(23(25,26)27)14-28-21(19)29-30-22(32)20-10-5-11-31(20)16-6-4-9-18(13-16)33-17-7-2-1-3-8-17/h1-14H,(H,28,29)(H,30,32). The SMILES string of the molecule is O=C(NNc1ncc(C(F)(F)F)cc1Cl)c1cccn1-c1cccc(Oc2ccccc2)c1. The zero-order valence-electron chi connectivity index (χ0n) is 16.8. The lowest BCUT2D eigenvalue weighted by molar-refractivity contribution is -0.137. The quantitative estimate of drug-likeness (QED) is 0.333. The van der Waals surface area contributed by atoms with Crippen molar-refractivity contribution in [3.63, 3.8) is 0 Å². The maximum atomic E-state index is 12.8. The minimum Gasteiger partial charge on any atom is -0.457 e. The Bertz CT molecular complexity index is 1280. The van der Waals surface area contributed by atoms with Gasteiger partial charge in [0.1, 0.15) is 17.2 Å². The molecule has 0 radical (unpaired) electrons. The summed E-state index contributed by atoms with van der Waals surface area (Å²) in [5.41, 5.74) is 4.80. The zero-order valence-corrected chi connectivity index (χ0v) is 17.6. The fraction of sp³-hybridized carbons (Fsp3) is 0.0435. The number of alkyl halides is 3. The number of hydrogen-bond acceptors (Lipinski definition) is 4. The van der Waals surface area contributed by atoms with Crippen LogP contribution in [0.2, 0.25) is 5.02 Å². The van der Waals surface area contributed by atoms with E-state index in [1.807, 2.05) is 30.3 Å². The molecular formula is C23H16ClF3N4O2. The van der Waals surface area contributed by atoms with Crippen LogP contribution in [0.5, 0.6) is 11.5 Å². The molecule has 10 heteroatoms. The van der Waals surface area contributed by atoms with Gasteiger partial charge in [-0.15, -0.1) is 0 Å². The molecule has 168 valence electrons. The molecule has 4 aromatic rings. The van der Waals surface area contributed by atoms with Gasteiger partial charge in [0, 0.05) is 24.1 Å². The molecule has 2 aromatic heterocycles. The number of ether oxygens (including phenoxy) is 1. The molecule has 6 nitrogen and oxygen atoms in total. The van der Waals surface area contributed by atoms with Gasteiger partial charge in [-0.05, 0) is 42.5 Å². The van der Waals surface area contributed by atoms with Crippen LogP contribution in [-0.4, -0.2) is 15.5 Å². The van der Waals surface area contributed by atoms with Crippen LogP contribution >= 0.6 is 11.6 Å². The molecule has 33 heavy (non-hydrogen) atoms. The first kappa shape index (κ1) is 22.2. The minimum absolute atomic E-state index is 0.116. The van der Waals surface area contributed by atoms with Crippen molar-refractivity contribution in [3.05, 3.63) is 101 Å². The van der Waals surface area contributed by atoms with Gasteiger partial charge >= 0.3 is 6.18 Å². The summed E-state index contributed by atoms with van der Waals surface area (Å²) >= 11 is 5.86. The van der Waals surface area contributed by atoms with Crippen molar-refractivity contribution in [2.75, 3.05) is 5.43 Å². The van der Waals surface area contributed by atoms with E-state index in [-0.39, 0.29) is 16.5 Å². The van der Waals surface area contributed by atoms with Crippen LogP contribution in [0.15, 0.2) is 85.2 Å². The highest BCUT2D eigenvalue weighted by Gasteiger charge is 2.31. The van der Waals surface area contributed by atoms with E-state index in [0.717, 1.165) is 6.07 Å². The molecule has 0 spiro atoms. The number of para-hydroxylation sites is 1. The Hall–Kier alpha value is -3.98. The van der Waals surface area contributed by atoms with E-state index in [1.54, 1.807) is 47.2 Å². The highest BCUT2D eigenvalue weighted by molar-refractivity contribution is 6.33. The van der Waals surface area contributed by atoms with Crippen molar-refractivity contribution in [3.8, 4) is 17.2 Å².